The van der Waals surface area contributed by atoms with Crippen LogP contribution in [0.5, 0.6) is 0 Å². The summed E-state index contributed by atoms with van der Waals surface area (Å²) in [6, 6.07) is 3.23. The number of nitrogen functional groups attached to an aromatic ring is 1. The number of carbonyl (C=O) groups excluding carboxylic acids is 1. The Bertz CT molecular complexity index is 474. The van der Waals surface area contributed by atoms with E-state index in [0.29, 0.717) is 10.8 Å². The molecule has 0 aromatic carbocycles. The summed E-state index contributed by atoms with van der Waals surface area (Å²) in [5.41, 5.74) is 5.78. The quantitative estimate of drug-likeness (QED) is 0.890. The summed E-state index contributed by atoms with van der Waals surface area (Å²) < 4.78 is 0. The second-order valence-corrected chi connectivity index (χ2v) is 5.71. The number of aromatic nitrogens is 1. The Morgan fingerprint density at radius 2 is 2.15 bits per heavy atom. The van der Waals surface area contributed by atoms with Crippen LogP contribution in [0.25, 0.3) is 0 Å². The van der Waals surface area contributed by atoms with E-state index in [4.69, 9.17) is 17.3 Å². The fourth-order valence-electron chi connectivity index (χ4n) is 2.48. The molecule has 5 nitrogen and oxygen atoms in total. The molecule has 0 spiro atoms. The topological polar surface area (TPSA) is 71.2 Å². The minimum Gasteiger partial charge on any atom is -0.384 e. The first-order valence-corrected chi connectivity index (χ1v) is 7.39. The van der Waals surface area contributed by atoms with Gasteiger partial charge in [0.1, 0.15) is 11.5 Å². The Morgan fingerprint density at radius 1 is 1.45 bits per heavy atom. The molecular formula is C14H21ClN4O. The lowest BCUT2D eigenvalue weighted by Gasteiger charge is -2.29. The number of hydrogen-bond acceptors (Lipinski definition) is 4. The highest BCUT2D eigenvalue weighted by molar-refractivity contribution is 6.33. The lowest BCUT2D eigenvalue weighted by Crippen LogP contribution is -2.43. The van der Waals surface area contributed by atoms with Crippen LogP contribution >= 0.6 is 11.6 Å². The molecule has 6 heteroatoms. The molecule has 1 fully saturated rings. The monoisotopic (exact) mass is 296 g/mol. The van der Waals surface area contributed by atoms with Crippen LogP contribution in [-0.2, 0) is 0 Å². The van der Waals surface area contributed by atoms with E-state index in [1.54, 1.807) is 12.1 Å². The number of likely N-dealkylation sites (tertiary alicyclic amines) is 1. The molecule has 1 aliphatic heterocycles. The lowest BCUT2D eigenvalue weighted by molar-refractivity contribution is 0.0921. The van der Waals surface area contributed by atoms with Crippen molar-refractivity contribution < 1.29 is 4.79 Å². The first kappa shape index (κ1) is 15.1. The maximum absolute atomic E-state index is 12.1. The van der Waals surface area contributed by atoms with Crippen LogP contribution in [0.1, 0.15) is 36.7 Å². The summed E-state index contributed by atoms with van der Waals surface area (Å²) in [5, 5.41) is 3.25. The van der Waals surface area contributed by atoms with Gasteiger partial charge < -0.3 is 16.0 Å². The SMILES string of the molecule is CC(CN1CCCCC1)NC(=O)c1nc(N)ccc1Cl. The van der Waals surface area contributed by atoms with E-state index in [0.717, 1.165) is 19.6 Å². The second-order valence-electron chi connectivity index (χ2n) is 5.30. The molecule has 3 N–H and O–H groups in total. The van der Waals surface area contributed by atoms with Crippen molar-refractivity contribution >= 4 is 23.3 Å². The molecule has 0 aliphatic carbocycles. The van der Waals surface area contributed by atoms with Crippen LogP contribution < -0.4 is 11.1 Å². The molecule has 20 heavy (non-hydrogen) atoms. The number of nitrogens with two attached hydrogens (primary N) is 1. The molecule has 1 atom stereocenters. The smallest absolute Gasteiger partial charge is 0.271 e. The van der Waals surface area contributed by atoms with Gasteiger partial charge in [0.05, 0.1) is 5.02 Å². The highest BCUT2D eigenvalue weighted by Gasteiger charge is 2.18. The molecular weight excluding hydrogens is 276 g/mol. The predicted molar refractivity (Wildman–Crippen MR) is 80.9 cm³/mol. The molecule has 1 unspecified atom stereocenters. The van der Waals surface area contributed by atoms with E-state index >= 15 is 0 Å². The summed E-state index contributed by atoms with van der Waals surface area (Å²) in [5.74, 6) is 0.0232. The van der Waals surface area contributed by atoms with Crippen molar-refractivity contribution in [1.82, 2.24) is 15.2 Å². The Morgan fingerprint density at radius 3 is 2.85 bits per heavy atom. The third-order valence-corrected chi connectivity index (χ3v) is 3.75. The maximum atomic E-state index is 12.1. The van der Waals surface area contributed by atoms with Crippen LogP contribution in [-0.4, -0.2) is 41.5 Å². The molecule has 0 bridgehead atoms. The third kappa shape index (κ3) is 4.08. The van der Waals surface area contributed by atoms with Gasteiger partial charge in [-0.1, -0.05) is 18.0 Å². The molecule has 110 valence electrons. The van der Waals surface area contributed by atoms with Gasteiger partial charge in [0.15, 0.2) is 0 Å². The van der Waals surface area contributed by atoms with Gasteiger partial charge in [-0.2, -0.15) is 0 Å². The van der Waals surface area contributed by atoms with Crippen molar-refractivity contribution in [3.63, 3.8) is 0 Å². The highest BCUT2D eigenvalue weighted by Crippen LogP contribution is 2.15. The zero-order chi connectivity index (χ0) is 14.5. The van der Waals surface area contributed by atoms with Crippen molar-refractivity contribution in [2.24, 2.45) is 0 Å². The summed E-state index contributed by atoms with van der Waals surface area (Å²) in [7, 11) is 0. The predicted octanol–water partition coefficient (Wildman–Crippen LogP) is 1.92. The number of nitrogens with zero attached hydrogens (tertiary/aromatic N) is 2. The molecule has 2 heterocycles. The van der Waals surface area contributed by atoms with Crippen LogP contribution in [0.4, 0.5) is 5.82 Å². The normalized spacial score (nSPS) is 17.7. The third-order valence-electron chi connectivity index (χ3n) is 3.44. The minimum atomic E-state index is -0.271. The molecule has 0 saturated carbocycles. The Kier molecular flexibility index (Phi) is 5.20. The molecule has 0 radical (unpaired) electrons. The Labute approximate surface area is 124 Å². The van der Waals surface area contributed by atoms with E-state index in [2.05, 4.69) is 15.2 Å². The summed E-state index contributed by atoms with van der Waals surface area (Å²) in [6.45, 7) is 5.06. The van der Waals surface area contributed by atoms with E-state index < -0.39 is 0 Å². The number of piperidine rings is 1. The summed E-state index contributed by atoms with van der Waals surface area (Å²) in [4.78, 5) is 18.5. The highest BCUT2D eigenvalue weighted by atomic mass is 35.5. The van der Waals surface area contributed by atoms with Crippen LogP contribution in [0.3, 0.4) is 0 Å². The molecule has 1 amide bonds. The lowest BCUT2D eigenvalue weighted by atomic mass is 10.1. The number of amides is 1. The van der Waals surface area contributed by atoms with Crippen LogP contribution in [0.15, 0.2) is 12.1 Å². The number of hydrogen-bond donors (Lipinski definition) is 2. The first-order valence-electron chi connectivity index (χ1n) is 7.01. The number of halogens is 1. The average molecular weight is 297 g/mol. The molecule has 2 rings (SSSR count). The first-order chi connectivity index (χ1) is 9.56. The van der Waals surface area contributed by atoms with Gasteiger partial charge in [-0.25, -0.2) is 4.98 Å². The van der Waals surface area contributed by atoms with Crippen molar-refractivity contribution in [3.8, 4) is 0 Å². The number of anilines is 1. The maximum Gasteiger partial charge on any atom is 0.271 e. The van der Waals surface area contributed by atoms with Gasteiger partial charge >= 0.3 is 0 Å². The van der Waals surface area contributed by atoms with Gasteiger partial charge in [-0.15, -0.1) is 0 Å². The van der Waals surface area contributed by atoms with Gasteiger partial charge in [0.25, 0.3) is 5.91 Å². The standard InChI is InChI=1S/C14H21ClN4O/c1-10(9-19-7-3-2-4-8-19)17-14(20)13-11(15)5-6-12(16)18-13/h5-6,10H,2-4,7-9H2,1H3,(H2,16,18)(H,17,20). The number of carbonyl (C=O) groups is 1. The Hall–Kier alpha value is -1.33. The van der Waals surface area contributed by atoms with Crippen molar-refractivity contribution in [3.05, 3.63) is 22.8 Å². The average Bonchev–Trinajstić information content (AvgIpc) is 2.42. The molecule has 1 aromatic heterocycles. The van der Waals surface area contributed by atoms with E-state index in [9.17, 15) is 4.79 Å². The molecule has 1 aliphatic rings. The minimum absolute atomic E-state index is 0.0555. The zero-order valence-corrected chi connectivity index (χ0v) is 12.5. The summed E-state index contributed by atoms with van der Waals surface area (Å²) in [6.07, 6.45) is 3.78. The van der Waals surface area contributed by atoms with Crippen molar-refractivity contribution in [2.75, 3.05) is 25.4 Å². The Balaban J connectivity index is 1.91. The molecule has 1 aromatic rings. The zero-order valence-electron chi connectivity index (χ0n) is 11.7. The van der Waals surface area contributed by atoms with E-state index in [1.807, 2.05) is 6.92 Å². The largest absolute Gasteiger partial charge is 0.384 e. The second kappa shape index (κ2) is 6.90. The van der Waals surface area contributed by atoms with Gasteiger partial charge in [0.2, 0.25) is 0 Å². The van der Waals surface area contributed by atoms with E-state index in [-0.39, 0.29) is 17.6 Å². The number of nitrogens with one attached hydrogen (secondary N) is 1. The number of pyridine rings is 1. The van der Waals surface area contributed by atoms with Crippen molar-refractivity contribution in [2.45, 2.75) is 32.2 Å². The number of rotatable bonds is 4. The van der Waals surface area contributed by atoms with Gasteiger partial charge in [-0.05, 0) is 45.0 Å². The molecule has 1 saturated heterocycles. The van der Waals surface area contributed by atoms with Gasteiger partial charge in [0, 0.05) is 12.6 Å². The van der Waals surface area contributed by atoms with Crippen LogP contribution in [0, 0.1) is 0 Å². The van der Waals surface area contributed by atoms with E-state index in [1.165, 1.54) is 19.3 Å². The van der Waals surface area contributed by atoms with Gasteiger partial charge in [-0.3, -0.25) is 4.79 Å². The van der Waals surface area contributed by atoms with Crippen molar-refractivity contribution in [1.29, 1.82) is 0 Å². The fraction of sp³-hybridized carbons (Fsp3) is 0.571. The summed E-state index contributed by atoms with van der Waals surface area (Å²) >= 11 is 5.98. The fourth-order valence-corrected chi connectivity index (χ4v) is 2.67. The van der Waals surface area contributed by atoms with Crippen LogP contribution in [0.2, 0.25) is 5.02 Å².